The smallest absolute Gasteiger partial charge is 0.258 e. The second-order valence-corrected chi connectivity index (χ2v) is 6.50. The molecule has 1 aromatic heterocycles. The molecule has 0 spiro atoms. The molecule has 112 valence electrons. The molecule has 0 aliphatic carbocycles. The normalized spacial score (nSPS) is 11.8. The second kappa shape index (κ2) is 5.62. The van der Waals surface area contributed by atoms with Crippen molar-refractivity contribution in [2.24, 2.45) is 0 Å². The van der Waals surface area contributed by atoms with E-state index < -0.39 is 15.1 Å². The molecular weight excluding hydrogens is 296 g/mol. The molecule has 0 N–H and O–H groups in total. The highest BCUT2D eigenvalue weighted by atomic mass is 32.2. The van der Waals surface area contributed by atoms with Crippen molar-refractivity contribution in [3.63, 3.8) is 0 Å². The average molecular weight is 310 g/mol. The van der Waals surface area contributed by atoms with Crippen LogP contribution in [-0.4, -0.2) is 40.9 Å². The van der Waals surface area contributed by atoms with Crippen LogP contribution in [0.2, 0.25) is 0 Å². The molecule has 2 rings (SSSR count). The van der Waals surface area contributed by atoms with E-state index in [-0.39, 0.29) is 17.8 Å². The fraction of sp³-hybridized carbons (Fsp3) is 0.250. The van der Waals surface area contributed by atoms with Crippen LogP contribution in [0.1, 0.15) is 11.3 Å². The molecule has 1 heterocycles. The van der Waals surface area contributed by atoms with Crippen molar-refractivity contribution in [1.29, 1.82) is 0 Å². The minimum Gasteiger partial charge on any atom is -0.258 e. The molecule has 0 radical (unpaired) electrons. The van der Waals surface area contributed by atoms with Crippen LogP contribution in [0, 0.1) is 10.1 Å². The van der Waals surface area contributed by atoms with Crippen LogP contribution in [-0.2, 0) is 16.6 Å². The van der Waals surface area contributed by atoms with E-state index in [4.69, 9.17) is 0 Å². The van der Waals surface area contributed by atoms with Gasteiger partial charge in [-0.2, -0.15) is 17.8 Å². The summed E-state index contributed by atoms with van der Waals surface area (Å²) in [5.74, 6) is 0. The maximum Gasteiger partial charge on any atom is 0.322 e. The van der Waals surface area contributed by atoms with E-state index in [1.807, 2.05) is 6.07 Å². The summed E-state index contributed by atoms with van der Waals surface area (Å²) >= 11 is 0. The van der Waals surface area contributed by atoms with E-state index in [1.165, 1.54) is 14.1 Å². The van der Waals surface area contributed by atoms with Crippen molar-refractivity contribution in [3.8, 4) is 0 Å². The van der Waals surface area contributed by atoms with Gasteiger partial charge in [-0.05, 0) is 5.56 Å². The third kappa shape index (κ3) is 2.93. The van der Waals surface area contributed by atoms with Crippen LogP contribution >= 0.6 is 0 Å². The minimum absolute atomic E-state index is 0.0277. The third-order valence-electron chi connectivity index (χ3n) is 2.90. The van der Waals surface area contributed by atoms with Crippen LogP contribution in [0.25, 0.3) is 0 Å². The Morgan fingerprint density at radius 3 is 2.43 bits per heavy atom. The van der Waals surface area contributed by atoms with Crippen molar-refractivity contribution < 1.29 is 13.3 Å². The Bertz CT molecular complexity index is 753. The van der Waals surface area contributed by atoms with Gasteiger partial charge in [0.25, 0.3) is 0 Å². The van der Waals surface area contributed by atoms with Gasteiger partial charge in [-0.25, -0.2) is 0 Å². The van der Waals surface area contributed by atoms with Crippen molar-refractivity contribution in [3.05, 3.63) is 57.9 Å². The van der Waals surface area contributed by atoms with E-state index in [9.17, 15) is 18.5 Å². The number of rotatable bonds is 5. The summed E-state index contributed by atoms with van der Waals surface area (Å²) < 4.78 is 26.0. The maximum atomic E-state index is 12.2. The maximum absolute atomic E-state index is 12.2. The highest BCUT2D eigenvalue weighted by Gasteiger charge is 2.28. The predicted octanol–water partition coefficient (Wildman–Crippen LogP) is 1.04. The van der Waals surface area contributed by atoms with Crippen molar-refractivity contribution in [1.82, 2.24) is 13.5 Å². The Hall–Kier alpha value is -2.26. The van der Waals surface area contributed by atoms with E-state index in [2.05, 4.69) is 5.10 Å². The summed E-state index contributed by atoms with van der Waals surface area (Å²) in [5, 5.41) is 14.7. The zero-order chi connectivity index (χ0) is 15.6. The molecule has 21 heavy (non-hydrogen) atoms. The summed E-state index contributed by atoms with van der Waals surface area (Å²) in [4.78, 5) is 10.4. The lowest BCUT2D eigenvalue weighted by molar-refractivity contribution is -0.385. The first-order chi connectivity index (χ1) is 9.84. The van der Waals surface area contributed by atoms with Gasteiger partial charge in [-0.3, -0.25) is 10.1 Å². The van der Waals surface area contributed by atoms with E-state index in [1.54, 1.807) is 24.3 Å². The van der Waals surface area contributed by atoms with Crippen molar-refractivity contribution in [2.75, 3.05) is 14.1 Å². The molecule has 8 nitrogen and oxygen atoms in total. The molecule has 0 saturated carbocycles. The van der Waals surface area contributed by atoms with Crippen LogP contribution < -0.4 is 0 Å². The molecule has 9 heteroatoms. The Morgan fingerprint density at radius 2 is 1.90 bits per heavy atom. The average Bonchev–Trinajstić information content (AvgIpc) is 2.84. The quantitative estimate of drug-likeness (QED) is 0.607. The highest BCUT2D eigenvalue weighted by molar-refractivity contribution is 7.87. The van der Waals surface area contributed by atoms with Crippen molar-refractivity contribution in [2.45, 2.75) is 6.42 Å². The monoisotopic (exact) mass is 310 g/mol. The van der Waals surface area contributed by atoms with Crippen LogP contribution in [0.4, 0.5) is 5.69 Å². The predicted molar refractivity (Wildman–Crippen MR) is 76.1 cm³/mol. The summed E-state index contributed by atoms with van der Waals surface area (Å²) in [5.41, 5.74) is 0.473. The van der Waals surface area contributed by atoms with E-state index >= 15 is 0 Å². The second-order valence-electron chi connectivity index (χ2n) is 4.53. The molecule has 0 aliphatic heterocycles. The number of nitrogens with zero attached hydrogens (tertiary/aromatic N) is 4. The standard InChI is InChI=1S/C12H14N4O4S/c1-14(2)21(19,20)15-11(12(9-13-15)16(17)18)8-10-6-4-3-5-7-10/h3-7,9H,8H2,1-2H3. The van der Waals surface area contributed by atoms with E-state index in [0.29, 0.717) is 4.09 Å². The SMILES string of the molecule is CN(C)S(=O)(=O)n1ncc([N+](=O)[O-])c1Cc1ccccc1. The Balaban J connectivity index is 2.56. The van der Waals surface area contributed by atoms with Gasteiger partial charge in [0.1, 0.15) is 11.9 Å². The minimum atomic E-state index is -3.91. The molecule has 0 saturated heterocycles. The molecule has 0 fully saturated rings. The topological polar surface area (TPSA) is 98.3 Å². The number of hydrogen-bond acceptors (Lipinski definition) is 5. The number of aromatic nitrogens is 2. The highest BCUT2D eigenvalue weighted by Crippen LogP contribution is 2.23. The summed E-state index contributed by atoms with van der Waals surface area (Å²) in [6, 6.07) is 8.91. The lowest BCUT2D eigenvalue weighted by Crippen LogP contribution is -2.31. The largest absolute Gasteiger partial charge is 0.322 e. The number of nitro groups is 1. The van der Waals surface area contributed by atoms with Crippen LogP contribution in [0.15, 0.2) is 36.5 Å². The molecule has 0 amide bonds. The number of hydrogen-bond donors (Lipinski definition) is 0. The fourth-order valence-corrected chi connectivity index (χ4v) is 2.71. The summed E-state index contributed by atoms with van der Waals surface area (Å²) in [6.45, 7) is 0. The lowest BCUT2D eigenvalue weighted by Gasteiger charge is -2.13. The number of benzene rings is 1. The van der Waals surface area contributed by atoms with Crippen LogP contribution in [0.3, 0.4) is 0 Å². The molecule has 0 aliphatic rings. The fourth-order valence-electron chi connectivity index (χ4n) is 1.80. The van der Waals surface area contributed by atoms with Crippen LogP contribution in [0.5, 0.6) is 0 Å². The first kappa shape index (κ1) is 15.1. The third-order valence-corrected chi connectivity index (χ3v) is 4.58. The molecule has 1 aromatic carbocycles. The van der Waals surface area contributed by atoms with Gasteiger partial charge in [0, 0.05) is 20.5 Å². The summed E-state index contributed by atoms with van der Waals surface area (Å²) in [6.07, 6.45) is 1.06. The molecule has 0 bridgehead atoms. The van der Waals surface area contributed by atoms with Gasteiger partial charge in [0.05, 0.1) is 4.92 Å². The van der Waals surface area contributed by atoms with Gasteiger partial charge >= 0.3 is 15.9 Å². The molecule has 0 unspecified atom stereocenters. The first-order valence-corrected chi connectivity index (χ1v) is 7.42. The molecule has 2 aromatic rings. The van der Waals surface area contributed by atoms with E-state index in [0.717, 1.165) is 16.1 Å². The molecular formula is C12H14N4O4S. The Labute approximate surface area is 121 Å². The van der Waals surface area contributed by atoms with Gasteiger partial charge in [0.2, 0.25) is 0 Å². The van der Waals surface area contributed by atoms with Gasteiger partial charge in [0.15, 0.2) is 0 Å². The van der Waals surface area contributed by atoms with Gasteiger partial charge < -0.3 is 0 Å². The summed E-state index contributed by atoms with van der Waals surface area (Å²) in [7, 11) is -1.22. The van der Waals surface area contributed by atoms with Gasteiger partial charge in [-0.1, -0.05) is 30.3 Å². The van der Waals surface area contributed by atoms with Crippen molar-refractivity contribution >= 4 is 15.9 Å². The Morgan fingerprint density at radius 1 is 1.29 bits per heavy atom. The first-order valence-electron chi connectivity index (χ1n) is 6.02. The zero-order valence-corrected chi connectivity index (χ0v) is 12.3. The lowest BCUT2D eigenvalue weighted by atomic mass is 10.1. The molecule has 0 atom stereocenters. The Kier molecular flexibility index (Phi) is 4.05. The zero-order valence-electron chi connectivity index (χ0n) is 11.5. The van der Waals surface area contributed by atoms with Gasteiger partial charge in [-0.15, -0.1) is 4.09 Å².